The molecular formula is C6H2Cl2N2OS. The first-order valence-electron chi connectivity index (χ1n) is 3.00. The van der Waals surface area contributed by atoms with Crippen molar-refractivity contribution in [3.05, 3.63) is 21.8 Å². The van der Waals surface area contributed by atoms with Gasteiger partial charge in [0.15, 0.2) is 0 Å². The van der Waals surface area contributed by atoms with Gasteiger partial charge in [0, 0.05) is 0 Å². The summed E-state index contributed by atoms with van der Waals surface area (Å²) >= 11 is 12.5. The predicted octanol–water partition coefficient (Wildman–Crippen LogP) is 3.10. The molecule has 0 saturated carbocycles. The van der Waals surface area contributed by atoms with Crippen LogP contribution in [-0.2, 0) is 0 Å². The topological polar surface area (TPSA) is 38.9 Å². The number of thiophene rings is 1. The van der Waals surface area contributed by atoms with Gasteiger partial charge in [-0.1, -0.05) is 16.8 Å². The van der Waals surface area contributed by atoms with Gasteiger partial charge in [0.05, 0.1) is 9.21 Å². The van der Waals surface area contributed by atoms with Crippen molar-refractivity contribution in [3.8, 4) is 10.7 Å². The highest BCUT2D eigenvalue weighted by molar-refractivity contribution is 7.19. The number of halogens is 2. The van der Waals surface area contributed by atoms with Gasteiger partial charge in [0.1, 0.15) is 0 Å². The zero-order valence-corrected chi connectivity index (χ0v) is 7.95. The van der Waals surface area contributed by atoms with Crippen LogP contribution in [0.25, 0.3) is 10.7 Å². The number of hydrogen-bond acceptors (Lipinski definition) is 4. The van der Waals surface area contributed by atoms with Crippen molar-refractivity contribution < 1.29 is 4.52 Å². The van der Waals surface area contributed by atoms with Crippen LogP contribution < -0.4 is 0 Å². The van der Waals surface area contributed by atoms with E-state index in [-0.39, 0.29) is 5.35 Å². The van der Waals surface area contributed by atoms with Crippen molar-refractivity contribution in [2.45, 2.75) is 0 Å². The van der Waals surface area contributed by atoms with E-state index in [1.165, 1.54) is 11.3 Å². The Morgan fingerprint density at radius 2 is 2.17 bits per heavy atom. The van der Waals surface area contributed by atoms with Crippen molar-refractivity contribution in [1.29, 1.82) is 0 Å². The van der Waals surface area contributed by atoms with Gasteiger partial charge in [0.2, 0.25) is 5.82 Å². The third-order valence-electron chi connectivity index (χ3n) is 1.19. The monoisotopic (exact) mass is 220 g/mol. The lowest BCUT2D eigenvalue weighted by atomic mass is 10.4. The molecule has 62 valence electrons. The molecule has 0 saturated heterocycles. The Hall–Kier alpha value is -0.580. The molecule has 0 N–H and O–H groups in total. The maximum atomic E-state index is 5.72. The summed E-state index contributed by atoms with van der Waals surface area (Å²) in [6.45, 7) is 0. The van der Waals surface area contributed by atoms with Gasteiger partial charge in [0.25, 0.3) is 0 Å². The van der Waals surface area contributed by atoms with E-state index < -0.39 is 0 Å². The zero-order valence-electron chi connectivity index (χ0n) is 5.62. The van der Waals surface area contributed by atoms with E-state index >= 15 is 0 Å². The largest absolute Gasteiger partial charge is 0.321 e. The summed E-state index contributed by atoms with van der Waals surface area (Å²) in [5.74, 6) is 0.469. The molecule has 0 aliphatic heterocycles. The molecule has 2 aromatic rings. The Kier molecular flexibility index (Phi) is 2.04. The van der Waals surface area contributed by atoms with Gasteiger partial charge < -0.3 is 4.52 Å². The molecule has 0 fully saturated rings. The van der Waals surface area contributed by atoms with Crippen LogP contribution in [0.15, 0.2) is 16.7 Å². The SMILES string of the molecule is Clc1nc(-c2ccc(Cl)s2)no1. The quantitative estimate of drug-likeness (QED) is 0.742. The molecule has 2 aromatic heterocycles. The average Bonchev–Trinajstić information content (AvgIpc) is 2.58. The number of aromatic nitrogens is 2. The maximum absolute atomic E-state index is 5.72. The summed E-state index contributed by atoms with van der Waals surface area (Å²) in [7, 11) is 0. The normalized spacial score (nSPS) is 10.5. The Labute approximate surface area is 81.9 Å². The lowest BCUT2D eigenvalue weighted by molar-refractivity contribution is 0.421. The molecule has 0 radical (unpaired) electrons. The average molecular weight is 221 g/mol. The summed E-state index contributed by atoms with van der Waals surface area (Å²) in [6, 6.07) is 3.58. The van der Waals surface area contributed by atoms with Crippen LogP contribution in [0, 0.1) is 0 Å². The van der Waals surface area contributed by atoms with E-state index in [1.807, 2.05) is 6.07 Å². The van der Waals surface area contributed by atoms with E-state index in [0.717, 1.165) is 4.88 Å². The molecule has 12 heavy (non-hydrogen) atoms. The standard InChI is InChI=1S/C6H2Cl2N2OS/c7-4-2-1-3(12-4)5-9-6(8)11-10-5/h1-2H. The van der Waals surface area contributed by atoms with Crippen molar-refractivity contribution in [2.75, 3.05) is 0 Å². The molecule has 0 aliphatic rings. The molecule has 0 amide bonds. The number of rotatable bonds is 1. The smallest absolute Gasteiger partial charge is 0.320 e. The second kappa shape index (κ2) is 3.05. The molecule has 0 aromatic carbocycles. The van der Waals surface area contributed by atoms with Crippen LogP contribution in [0.3, 0.4) is 0 Å². The Morgan fingerprint density at radius 1 is 1.33 bits per heavy atom. The molecule has 0 atom stereocenters. The van der Waals surface area contributed by atoms with Crippen LogP contribution in [-0.4, -0.2) is 10.1 Å². The van der Waals surface area contributed by atoms with Crippen LogP contribution in [0.5, 0.6) is 0 Å². The van der Waals surface area contributed by atoms with Crippen molar-refractivity contribution in [3.63, 3.8) is 0 Å². The fourth-order valence-corrected chi connectivity index (χ4v) is 1.82. The molecular weight excluding hydrogens is 219 g/mol. The van der Waals surface area contributed by atoms with Crippen molar-refractivity contribution >= 4 is 34.5 Å². The molecule has 0 spiro atoms. The lowest BCUT2D eigenvalue weighted by Crippen LogP contribution is -1.71. The lowest BCUT2D eigenvalue weighted by Gasteiger charge is -1.80. The first-order valence-corrected chi connectivity index (χ1v) is 4.58. The van der Waals surface area contributed by atoms with Gasteiger partial charge in [-0.25, -0.2) is 0 Å². The van der Waals surface area contributed by atoms with E-state index in [9.17, 15) is 0 Å². The molecule has 3 nitrogen and oxygen atoms in total. The molecule has 0 unspecified atom stereocenters. The first kappa shape index (κ1) is 8.04. The van der Waals surface area contributed by atoms with Gasteiger partial charge in [-0.2, -0.15) is 4.98 Å². The summed E-state index contributed by atoms with van der Waals surface area (Å²) in [6.07, 6.45) is 0. The van der Waals surface area contributed by atoms with Gasteiger partial charge in [-0.05, 0) is 23.7 Å². The number of hydrogen-bond donors (Lipinski definition) is 0. The number of nitrogens with zero attached hydrogens (tertiary/aromatic N) is 2. The van der Waals surface area contributed by atoms with Gasteiger partial charge >= 0.3 is 5.35 Å². The van der Waals surface area contributed by atoms with E-state index in [1.54, 1.807) is 6.07 Å². The highest BCUT2D eigenvalue weighted by atomic mass is 35.5. The highest BCUT2D eigenvalue weighted by Gasteiger charge is 2.08. The molecule has 0 aliphatic carbocycles. The highest BCUT2D eigenvalue weighted by Crippen LogP contribution is 2.29. The van der Waals surface area contributed by atoms with Crippen LogP contribution in [0.4, 0.5) is 0 Å². The minimum Gasteiger partial charge on any atom is -0.321 e. The first-order chi connectivity index (χ1) is 5.75. The summed E-state index contributed by atoms with van der Waals surface area (Å²) in [5.41, 5.74) is 0. The minimum absolute atomic E-state index is 0.0366. The summed E-state index contributed by atoms with van der Waals surface area (Å²) in [5, 5.41) is 3.67. The molecule has 6 heteroatoms. The third-order valence-corrected chi connectivity index (χ3v) is 2.58. The second-order valence-corrected chi connectivity index (χ2v) is 4.01. The van der Waals surface area contributed by atoms with Crippen LogP contribution in [0.1, 0.15) is 0 Å². The van der Waals surface area contributed by atoms with E-state index in [2.05, 4.69) is 14.7 Å². The Morgan fingerprint density at radius 3 is 2.67 bits per heavy atom. The Bertz CT molecular complexity index is 359. The molecule has 0 bridgehead atoms. The molecule has 2 rings (SSSR count). The maximum Gasteiger partial charge on any atom is 0.320 e. The summed E-state index contributed by atoms with van der Waals surface area (Å²) < 4.78 is 5.28. The summed E-state index contributed by atoms with van der Waals surface area (Å²) in [4.78, 5) is 4.68. The van der Waals surface area contributed by atoms with Gasteiger partial charge in [-0.3, -0.25) is 0 Å². The molecule has 2 heterocycles. The van der Waals surface area contributed by atoms with Crippen LogP contribution in [0.2, 0.25) is 9.69 Å². The van der Waals surface area contributed by atoms with Crippen LogP contribution >= 0.6 is 34.5 Å². The third kappa shape index (κ3) is 1.46. The predicted molar refractivity (Wildman–Crippen MR) is 47.6 cm³/mol. The van der Waals surface area contributed by atoms with Crippen molar-refractivity contribution in [1.82, 2.24) is 10.1 Å². The van der Waals surface area contributed by atoms with E-state index in [4.69, 9.17) is 23.2 Å². The fourth-order valence-electron chi connectivity index (χ4n) is 0.740. The van der Waals surface area contributed by atoms with Gasteiger partial charge in [-0.15, -0.1) is 11.3 Å². The fraction of sp³-hybridized carbons (Fsp3) is 0. The zero-order chi connectivity index (χ0) is 8.55. The minimum atomic E-state index is 0.0366. The Balaban J connectivity index is 2.43. The second-order valence-electron chi connectivity index (χ2n) is 1.97. The van der Waals surface area contributed by atoms with Crippen molar-refractivity contribution in [2.24, 2.45) is 0 Å². The van der Waals surface area contributed by atoms with E-state index in [0.29, 0.717) is 10.2 Å².